The number of carbonyl (C=O) groups excluding carboxylic acids is 2. The van der Waals surface area contributed by atoms with Crippen molar-refractivity contribution in [3.63, 3.8) is 0 Å². The van der Waals surface area contributed by atoms with Crippen LogP contribution in [0.4, 0.5) is 5.13 Å². The average Bonchev–Trinajstić information content (AvgIpc) is 3.46. The Hall–Kier alpha value is -4.11. The number of aromatic nitrogens is 4. The number of amides is 1. The molecule has 1 amide bonds. The smallest absolute Gasteiger partial charge is 0.311 e. The molecule has 9 heteroatoms. The molecule has 0 aliphatic carbocycles. The molecule has 3 aromatic heterocycles. The van der Waals surface area contributed by atoms with E-state index in [1.54, 1.807) is 35.5 Å². The summed E-state index contributed by atoms with van der Waals surface area (Å²) in [7, 11) is 0. The summed E-state index contributed by atoms with van der Waals surface area (Å²) in [6.07, 6.45) is 8.50. The van der Waals surface area contributed by atoms with Crippen molar-refractivity contribution in [1.82, 2.24) is 19.7 Å². The molecular formula is C24H21N5O3S. The van der Waals surface area contributed by atoms with E-state index in [2.05, 4.69) is 15.3 Å². The predicted octanol–water partition coefficient (Wildman–Crippen LogP) is 4.15. The van der Waals surface area contributed by atoms with Gasteiger partial charge in [0.25, 0.3) is 0 Å². The maximum atomic E-state index is 12.5. The normalized spacial score (nSPS) is 10.9. The molecule has 0 atom stereocenters. The van der Waals surface area contributed by atoms with Gasteiger partial charge in [0.05, 0.1) is 24.4 Å². The van der Waals surface area contributed by atoms with Gasteiger partial charge in [0, 0.05) is 41.2 Å². The van der Waals surface area contributed by atoms with Crippen LogP contribution >= 0.6 is 11.3 Å². The SMILES string of the molecule is CCOC(=O)Cc1csc(NC(=O)C=Cc2cn(-c3ccccc3)nc2-c2cccnc2)n1. The van der Waals surface area contributed by atoms with E-state index >= 15 is 0 Å². The summed E-state index contributed by atoms with van der Waals surface area (Å²) in [5.41, 5.74) is 3.78. The third-order valence-electron chi connectivity index (χ3n) is 4.53. The molecule has 4 aromatic rings. The van der Waals surface area contributed by atoms with E-state index in [1.807, 2.05) is 48.7 Å². The third kappa shape index (κ3) is 5.78. The molecule has 0 bridgehead atoms. The van der Waals surface area contributed by atoms with E-state index in [9.17, 15) is 9.59 Å². The Kier molecular flexibility index (Phi) is 7.01. The predicted molar refractivity (Wildman–Crippen MR) is 127 cm³/mol. The molecule has 166 valence electrons. The molecule has 8 nitrogen and oxygen atoms in total. The van der Waals surface area contributed by atoms with Crippen molar-refractivity contribution in [2.45, 2.75) is 13.3 Å². The highest BCUT2D eigenvalue weighted by Gasteiger charge is 2.12. The highest BCUT2D eigenvalue weighted by molar-refractivity contribution is 7.14. The minimum Gasteiger partial charge on any atom is -0.466 e. The molecule has 0 aliphatic rings. The number of nitrogens with one attached hydrogen (secondary N) is 1. The molecule has 0 saturated carbocycles. The summed E-state index contributed by atoms with van der Waals surface area (Å²) >= 11 is 1.25. The van der Waals surface area contributed by atoms with Gasteiger partial charge in [0.2, 0.25) is 5.91 Å². The van der Waals surface area contributed by atoms with Gasteiger partial charge >= 0.3 is 5.97 Å². The number of thiazole rings is 1. The molecule has 0 aliphatic heterocycles. The van der Waals surface area contributed by atoms with Crippen LogP contribution < -0.4 is 5.32 Å². The van der Waals surface area contributed by atoms with Crippen molar-refractivity contribution in [1.29, 1.82) is 0 Å². The number of hydrogen-bond acceptors (Lipinski definition) is 7. The average molecular weight is 460 g/mol. The molecule has 1 N–H and O–H groups in total. The number of nitrogens with zero attached hydrogens (tertiary/aromatic N) is 4. The maximum Gasteiger partial charge on any atom is 0.311 e. The zero-order valence-electron chi connectivity index (χ0n) is 17.8. The Morgan fingerprint density at radius 3 is 2.79 bits per heavy atom. The van der Waals surface area contributed by atoms with Crippen LogP contribution in [0.25, 0.3) is 23.0 Å². The highest BCUT2D eigenvalue weighted by atomic mass is 32.1. The van der Waals surface area contributed by atoms with Crippen LogP contribution in [0.3, 0.4) is 0 Å². The zero-order valence-corrected chi connectivity index (χ0v) is 18.7. The molecule has 1 aromatic carbocycles. The maximum absolute atomic E-state index is 12.5. The van der Waals surface area contributed by atoms with Gasteiger partial charge in [-0.15, -0.1) is 11.3 Å². The van der Waals surface area contributed by atoms with Gasteiger partial charge in [-0.3, -0.25) is 19.9 Å². The highest BCUT2D eigenvalue weighted by Crippen LogP contribution is 2.24. The Morgan fingerprint density at radius 2 is 2.03 bits per heavy atom. The first-order valence-electron chi connectivity index (χ1n) is 10.3. The number of hydrogen-bond donors (Lipinski definition) is 1. The molecule has 0 spiro atoms. The fourth-order valence-corrected chi connectivity index (χ4v) is 3.78. The van der Waals surface area contributed by atoms with Crippen LogP contribution in [0.15, 0.2) is 72.5 Å². The van der Waals surface area contributed by atoms with Crippen molar-refractivity contribution < 1.29 is 14.3 Å². The van der Waals surface area contributed by atoms with E-state index in [4.69, 9.17) is 9.84 Å². The third-order valence-corrected chi connectivity index (χ3v) is 5.33. The number of ether oxygens (including phenoxy) is 1. The number of para-hydroxylation sites is 1. The van der Waals surface area contributed by atoms with Gasteiger partial charge in [0.15, 0.2) is 5.13 Å². The lowest BCUT2D eigenvalue weighted by molar-refractivity contribution is -0.142. The van der Waals surface area contributed by atoms with Crippen LogP contribution in [0.5, 0.6) is 0 Å². The molecule has 0 fully saturated rings. The van der Waals surface area contributed by atoms with Crippen molar-refractivity contribution in [3.05, 3.63) is 83.8 Å². The second-order valence-corrected chi connectivity index (χ2v) is 7.76. The molecule has 4 rings (SSSR count). The summed E-state index contributed by atoms with van der Waals surface area (Å²) in [4.78, 5) is 32.5. The quantitative estimate of drug-likeness (QED) is 0.314. The number of esters is 1. The molecule has 33 heavy (non-hydrogen) atoms. The molecule has 0 unspecified atom stereocenters. The van der Waals surface area contributed by atoms with E-state index in [1.165, 1.54) is 17.4 Å². The summed E-state index contributed by atoms with van der Waals surface area (Å²) in [5, 5.41) is 9.56. The summed E-state index contributed by atoms with van der Waals surface area (Å²) in [6, 6.07) is 13.5. The lowest BCUT2D eigenvalue weighted by Gasteiger charge is -2.00. The fraction of sp³-hybridized carbons (Fsp3) is 0.125. The van der Waals surface area contributed by atoms with Crippen molar-refractivity contribution >= 4 is 34.4 Å². The minimum atomic E-state index is -0.348. The second-order valence-electron chi connectivity index (χ2n) is 6.90. The van der Waals surface area contributed by atoms with Crippen LogP contribution in [-0.4, -0.2) is 38.2 Å². The Labute approximate surface area is 194 Å². The van der Waals surface area contributed by atoms with Gasteiger partial charge in [-0.2, -0.15) is 5.10 Å². The summed E-state index contributed by atoms with van der Waals surface area (Å²) in [5.74, 6) is -0.685. The minimum absolute atomic E-state index is 0.0726. The second kappa shape index (κ2) is 10.5. The Morgan fingerprint density at radius 1 is 1.18 bits per heavy atom. The number of anilines is 1. The lowest BCUT2D eigenvalue weighted by Crippen LogP contribution is -2.09. The van der Waals surface area contributed by atoms with E-state index < -0.39 is 0 Å². The standard InChI is InChI=1S/C24H21N5O3S/c1-2-32-22(31)13-19-16-33-24(26-19)27-21(30)11-10-18-15-29(20-8-4-3-5-9-20)28-23(18)17-7-6-12-25-14-17/h3-12,14-16H,2,13H2,1H3,(H,26,27,30). The Balaban J connectivity index is 1.51. The largest absolute Gasteiger partial charge is 0.466 e. The summed E-state index contributed by atoms with van der Waals surface area (Å²) < 4.78 is 6.69. The zero-order chi connectivity index (χ0) is 23.0. The van der Waals surface area contributed by atoms with Crippen LogP contribution in [0.1, 0.15) is 18.2 Å². The van der Waals surface area contributed by atoms with E-state index in [0.29, 0.717) is 23.1 Å². The number of pyridine rings is 1. The van der Waals surface area contributed by atoms with E-state index in [-0.39, 0.29) is 18.3 Å². The first-order valence-corrected chi connectivity index (χ1v) is 11.1. The molecule has 3 heterocycles. The van der Waals surface area contributed by atoms with Crippen molar-refractivity contribution in [2.24, 2.45) is 0 Å². The lowest BCUT2D eigenvalue weighted by atomic mass is 10.1. The molecule has 0 saturated heterocycles. The first kappa shape index (κ1) is 22.1. The van der Waals surface area contributed by atoms with Gasteiger partial charge in [-0.05, 0) is 37.3 Å². The topological polar surface area (TPSA) is 99.0 Å². The summed E-state index contributed by atoms with van der Waals surface area (Å²) in [6.45, 7) is 2.07. The fourth-order valence-electron chi connectivity index (χ4n) is 3.07. The molecular weight excluding hydrogens is 438 g/mol. The van der Waals surface area contributed by atoms with Gasteiger partial charge in [-0.1, -0.05) is 18.2 Å². The Bertz CT molecular complexity index is 1270. The number of benzene rings is 1. The van der Waals surface area contributed by atoms with Crippen molar-refractivity contribution in [3.8, 4) is 16.9 Å². The number of rotatable bonds is 8. The van der Waals surface area contributed by atoms with Gasteiger partial charge < -0.3 is 4.74 Å². The van der Waals surface area contributed by atoms with Gasteiger partial charge in [-0.25, -0.2) is 9.67 Å². The number of carbonyl (C=O) groups is 2. The van der Waals surface area contributed by atoms with Crippen molar-refractivity contribution in [2.75, 3.05) is 11.9 Å². The van der Waals surface area contributed by atoms with Crippen LogP contribution in [0.2, 0.25) is 0 Å². The van der Waals surface area contributed by atoms with Gasteiger partial charge in [0.1, 0.15) is 5.69 Å². The van der Waals surface area contributed by atoms with Crippen LogP contribution in [0, 0.1) is 0 Å². The first-order chi connectivity index (χ1) is 16.1. The molecule has 0 radical (unpaired) electrons. The van der Waals surface area contributed by atoms with Crippen LogP contribution in [-0.2, 0) is 20.7 Å². The monoisotopic (exact) mass is 459 g/mol. The van der Waals surface area contributed by atoms with E-state index in [0.717, 1.165) is 16.8 Å².